The monoisotopic (exact) mass is 298 g/mol. The van der Waals surface area contributed by atoms with Crippen LogP contribution in [0.4, 0.5) is 0 Å². The van der Waals surface area contributed by atoms with Crippen molar-refractivity contribution in [2.75, 3.05) is 0 Å². The smallest absolute Gasteiger partial charge is 0.246 e. The molecule has 3 heterocycles. The molecule has 1 aromatic rings. The van der Waals surface area contributed by atoms with Crippen molar-refractivity contribution in [2.24, 2.45) is 5.73 Å². The van der Waals surface area contributed by atoms with Crippen LogP contribution in [0, 0.1) is 22.7 Å². The van der Waals surface area contributed by atoms with Crippen molar-refractivity contribution in [1.82, 2.24) is 4.90 Å². The molecule has 1 saturated heterocycles. The Kier molecular flexibility index (Phi) is 3.00. The molecule has 2 atom stereocenters. The number of nitrogens with zero attached hydrogens (tertiary/aromatic N) is 3. The minimum atomic E-state index is -0.660. The summed E-state index contributed by atoms with van der Waals surface area (Å²) in [6, 6.07) is 7.49. The second-order valence-electron chi connectivity index (χ2n) is 4.62. The number of amides is 1. The molecule has 3 rings (SSSR count). The van der Waals surface area contributed by atoms with E-state index in [4.69, 9.17) is 10.2 Å². The van der Waals surface area contributed by atoms with Crippen molar-refractivity contribution in [3.8, 4) is 12.1 Å². The molecule has 6 nitrogen and oxygen atoms in total. The maximum absolute atomic E-state index is 12.2. The molecule has 1 amide bonds. The van der Waals surface area contributed by atoms with Gasteiger partial charge in [-0.25, -0.2) is 0 Å². The Labute approximate surface area is 125 Å². The molecule has 7 heteroatoms. The first-order chi connectivity index (χ1) is 10.1. The van der Waals surface area contributed by atoms with Crippen LogP contribution in [0.2, 0.25) is 0 Å². The molecule has 0 saturated carbocycles. The minimum Gasteiger partial charge on any atom is -0.468 e. The Balaban J connectivity index is 2.26. The Hall–Kier alpha value is -2.64. The number of carbonyl (C=O) groups excluding carboxylic acids is 1. The van der Waals surface area contributed by atoms with Gasteiger partial charge in [-0.15, -0.1) is 0 Å². The fourth-order valence-electron chi connectivity index (χ4n) is 2.47. The first kappa shape index (κ1) is 13.3. The maximum Gasteiger partial charge on any atom is 0.246 e. The summed E-state index contributed by atoms with van der Waals surface area (Å²) >= 11 is 1.28. The van der Waals surface area contributed by atoms with Crippen LogP contribution < -0.4 is 5.73 Å². The summed E-state index contributed by atoms with van der Waals surface area (Å²) < 4.78 is 5.35. The molecule has 1 aromatic heterocycles. The van der Waals surface area contributed by atoms with Crippen molar-refractivity contribution in [3.63, 3.8) is 0 Å². The standard InChI is InChI=1S/C14H10N4O2S/c1-7-13(19)18-12(17)8(5-15)11(10-3-2-4-20-10)9(6-16)14(18)21-7/h2-4,7,11H,17H2,1H3/t7-,11+/m1/s1. The number of furan rings is 1. The van der Waals surface area contributed by atoms with Crippen molar-refractivity contribution in [2.45, 2.75) is 18.1 Å². The molecule has 2 N–H and O–H groups in total. The third-order valence-corrected chi connectivity index (χ3v) is 4.63. The zero-order chi connectivity index (χ0) is 15.1. The molecule has 0 aromatic carbocycles. The lowest BCUT2D eigenvalue weighted by Crippen LogP contribution is -2.36. The van der Waals surface area contributed by atoms with E-state index in [-0.39, 0.29) is 22.6 Å². The number of nitrogens with two attached hydrogens (primary N) is 1. The molecular formula is C14H10N4O2S. The van der Waals surface area contributed by atoms with Gasteiger partial charge in [0, 0.05) is 0 Å². The van der Waals surface area contributed by atoms with E-state index in [0.717, 1.165) is 0 Å². The highest BCUT2D eigenvalue weighted by atomic mass is 32.2. The highest BCUT2D eigenvalue weighted by Gasteiger charge is 2.45. The highest BCUT2D eigenvalue weighted by molar-refractivity contribution is 8.04. The summed E-state index contributed by atoms with van der Waals surface area (Å²) in [6.45, 7) is 1.74. The van der Waals surface area contributed by atoms with E-state index >= 15 is 0 Å². The molecule has 2 aliphatic heterocycles. The molecule has 0 unspecified atom stereocenters. The van der Waals surface area contributed by atoms with Crippen LogP contribution in [-0.2, 0) is 4.79 Å². The number of nitriles is 2. The minimum absolute atomic E-state index is 0.0785. The Morgan fingerprint density at radius 2 is 2.10 bits per heavy atom. The SMILES string of the molecule is C[C@H]1SC2=C(C#N)[C@@H](c3ccco3)C(C#N)=C(N)N2C1=O. The van der Waals surface area contributed by atoms with Gasteiger partial charge in [-0.3, -0.25) is 9.69 Å². The lowest BCUT2D eigenvalue weighted by atomic mass is 9.87. The van der Waals surface area contributed by atoms with E-state index in [1.54, 1.807) is 19.1 Å². The predicted octanol–water partition coefficient (Wildman–Crippen LogP) is 1.77. The molecule has 1 fully saturated rings. The van der Waals surface area contributed by atoms with E-state index in [2.05, 4.69) is 6.07 Å². The van der Waals surface area contributed by atoms with Crippen molar-refractivity contribution < 1.29 is 9.21 Å². The summed E-state index contributed by atoms with van der Waals surface area (Å²) in [4.78, 5) is 13.5. The molecule has 0 aliphatic carbocycles. The Bertz CT molecular complexity index is 764. The van der Waals surface area contributed by atoms with Crippen molar-refractivity contribution >= 4 is 17.7 Å². The molecule has 0 radical (unpaired) electrons. The van der Waals surface area contributed by atoms with Gasteiger partial charge in [0.2, 0.25) is 5.91 Å². The molecule has 0 bridgehead atoms. The fourth-order valence-corrected chi connectivity index (χ4v) is 3.60. The van der Waals surface area contributed by atoms with Gasteiger partial charge in [0.15, 0.2) is 0 Å². The first-order valence-corrected chi connectivity index (χ1v) is 7.06. The largest absolute Gasteiger partial charge is 0.468 e. The molecule has 0 spiro atoms. The van der Waals surface area contributed by atoms with E-state index in [9.17, 15) is 15.3 Å². The molecule has 21 heavy (non-hydrogen) atoms. The van der Waals surface area contributed by atoms with Gasteiger partial charge in [0.05, 0.1) is 45.7 Å². The van der Waals surface area contributed by atoms with Crippen LogP contribution in [-0.4, -0.2) is 16.1 Å². The number of hydrogen-bond acceptors (Lipinski definition) is 6. The number of allylic oxidation sites excluding steroid dienone is 2. The topological polar surface area (TPSA) is 107 Å². The highest BCUT2D eigenvalue weighted by Crippen LogP contribution is 2.48. The van der Waals surface area contributed by atoms with Gasteiger partial charge in [-0.1, -0.05) is 11.8 Å². The molecular weight excluding hydrogens is 288 g/mol. The van der Waals surface area contributed by atoms with Crippen molar-refractivity contribution in [1.29, 1.82) is 10.5 Å². The number of thioether (sulfide) groups is 1. The van der Waals surface area contributed by atoms with E-state index in [1.807, 2.05) is 6.07 Å². The van der Waals surface area contributed by atoms with Crippen LogP contribution in [0.3, 0.4) is 0 Å². The van der Waals surface area contributed by atoms with Crippen LogP contribution >= 0.6 is 11.8 Å². The van der Waals surface area contributed by atoms with Gasteiger partial charge >= 0.3 is 0 Å². The summed E-state index contributed by atoms with van der Waals surface area (Å²) in [5, 5.41) is 19.1. The summed E-state index contributed by atoms with van der Waals surface area (Å²) in [5.41, 5.74) is 6.48. The lowest BCUT2D eigenvalue weighted by molar-refractivity contribution is -0.125. The quantitative estimate of drug-likeness (QED) is 0.846. The molecule has 104 valence electrons. The van der Waals surface area contributed by atoms with Gasteiger partial charge in [0.25, 0.3) is 0 Å². The summed E-state index contributed by atoms with van der Waals surface area (Å²) in [7, 11) is 0. The van der Waals surface area contributed by atoms with E-state index in [0.29, 0.717) is 16.4 Å². The van der Waals surface area contributed by atoms with Crippen LogP contribution in [0.5, 0.6) is 0 Å². The van der Waals surface area contributed by atoms with Gasteiger partial charge in [0.1, 0.15) is 11.6 Å². The fraction of sp³-hybridized carbons (Fsp3) is 0.214. The van der Waals surface area contributed by atoms with Crippen LogP contribution in [0.15, 0.2) is 44.8 Å². The molecule has 2 aliphatic rings. The normalized spacial score (nSPS) is 24.9. The average molecular weight is 298 g/mol. The second kappa shape index (κ2) is 4.72. The van der Waals surface area contributed by atoms with E-state index in [1.165, 1.54) is 22.9 Å². The number of carbonyl (C=O) groups is 1. The van der Waals surface area contributed by atoms with Crippen molar-refractivity contribution in [3.05, 3.63) is 46.2 Å². The third kappa shape index (κ3) is 1.75. The van der Waals surface area contributed by atoms with Gasteiger partial charge < -0.3 is 10.2 Å². The van der Waals surface area contributed by atoms with Crippen LogP contribution in [0.1, 0.15) is 18.6 Å². The number of hydrogen-bond donors (Lipinski definition) is 1. The van der Waals surface area contributed by atoms with Gasteiger partial charge in [-0.05, 0) is 19.1 Å². The summed E-state index contributed by atoms with van der Waals surface area (Å²) in [5.74, 6) is -0.335. The maximum atomic E-state index is 12.2. The number of fused-ring (bicyclic) bond motifs is 1. The average Bonchev–Trinajstić information content (AvgIpc) is 3.08. The van der Waals surface area contributed by atoms with E-state index < -0.39 is 5.92 Å². The Morgan fingerprint density at radius 3 is 2.67 bits per heavy atom. The zero-order valence-electron chi connectivity index (χ0n) is 11.0. The summed E-state index contributed by atoms with van der Waals surface area (Å²) in [6.07, 6.45) is 1.47. The predicted molar refractivity (Wildman–Crippen MR) is 74.8 cm³/mol. The second-order valence-corrected chi connectivity index (χ2v) is 5.95. The zero-order valence-corrected chi connectivity index (χ0v) is 11.8. The van der Waals surface area contributed by atoms with Crippen LogP contribution in [0.25, 0.3) is 0 Å². The van der Waals surface area contributed by atoms with Gasteiger partial charge in [-0.2, -0.15) is 10.5 Å². The Morgan fingerprint density at radius 1 is 1.38 bits per heavy atom. The number of rotatable bonds is 1. The first-order valence-electron chi connectivity index (χ1n) is 6.18. The third-order valence-electron chi connectivity index (χ3n) is 3.45. The lowest BCUT2D eigenvalue weighted by Gasteiger charge is -2.28.